The lowest BCUT2D eigenvalue weighted by atomic mass is 10.1. The molecule has 0 radical (unpaired) electrons. The van der Waals surface area contributed by atoms with Crippen LogP contribution in [0.1, 0.15) is 30.6 Å². The fourth-order valence-electron chi connectivity index (χ4n) is 4.39. The number of hydrogen-bond acceptors (Lipinski definition) is 4. The van der Waals surface area contributed by atoms with Crippen LogP contribution in [-0.4, -0.2) is 66.3 Å². The smallest absolute Gasteiger partial charge is 0.253 e. The minimum Gasteiger partial charge on any atom is -0.366 e. The second-order valence-corrected chi connectivity index (χ2v) is 8.84. The first-order valence-electron chi connectivity index (χ1n) is 11.3. The summed E-state index contributed by atoms with van der Waals surface area (Å²) in [6, 6.07) is 13.5. The van der Waals surface area contributed by atoms with Crippen molar-refractivity contribution < 1.29 is 18.8 Å². The quantitative estimate of drug-likeness (QED) is 0.757. The SMILES string of the molecule is CC(C)N1CC(C(=O)Nc2ccc(C(=O)N3CCN(c4ccccc4F)CC3)cc2)CC1=O. The standard InChI is InChI=1S/C25H29FN4O3/c1-17(2)30-16-19(15-23(30)31)24(32)27-20-9-7-18(8-10-20)25(33)29-13-11-28(12-14-29)22-6-4-3-5-21(22)26/h3-10,17,19H,11-16H2,1-2H3,(H,27,32). The average Bonchev–Trinajstić information content (AvgIpc) is 3.22. The summed E-state index contributed by atoms with van der Waals surface area (Å²) >= 11 is 0. The molecule has 2 heterocycles. The van der Waals surface area contributed by atoms with Gasteiger partial charge in [-0.1, -0.05) is 12.1 Å². The van der Waals surface area contributed by atoms with E-state index in [4.69, 9.17) is 0 Å². The molecule has 2 aliphatic rings. The van der Waals surface area contributed by atoms with Crippen molar-refractivity contribution in [2.24, 2.45) is 5.92 Å². The average molecular weight is 453 g/mol. The van der Waals surface area contributed by atoms with E-state index in [2.05, 4.69) is 5.32 Å². The van der Waals surface area contributed by atoms with Crippen LogP contribution in [0.2, 0.25) is 0 Å². The van der Waals surface area contributed by atoms with Crippen LogP contribution in [-0.2, 0) is 9.59 Å². The number of piperazine rings is 1. The maximum Gasteiger partial charge on any atom is 0.253 e. The van der Waals surface area contributed by atoms with Crippen LogP contribution in [0, 0.1) is 11.7 Å². The maximum absolute atomic E-state index is 14.0. The van der Waals surface area contributed by atoms with Crippen molar-refractivity contribution >= 4 is 29.1 Å². The zero-order chi connectivity index (χ0) is 23.5. The number of nitrogens with one attached hydrogen (secondary N) is 1. The molecule has 0 spiro atoms. The Kier molecular flexibility index (Phi) is 6.62. The Labute approximate surface area is 193 Å². The summed E-state index contributed by atoms with van der Waals surface area (Å²) in [4.78, 5) is 42.9. The number of halogens is 1. The number of nitrogens with zero attached hydrogens (tertiary/aromatic N) is 3. The van der Waals surface area contributed by atoms with Crippen LogP contribution >= 0.6 is 0 Å². The highest BCUT2D eigenvalue weighted by Crippen LogP contribution is 2.23. The number of carbonyl (C=O) groups is 3. The van der Waals surface area contributed by atoms with Crippen molar-refractivity contribution in [2.45, 2.75) is 26.3 Å². The van der Waals surface area contributed by atoms with Crippen LogP contribution in [0.3, 0.4) is 0 Å². The van der Waals surface area contributed by atoms with E-state index in [0.717, 1.165) is 0 Å². The van der Waals surface area contributed by atoms with E-state index in [1.807, 2.05) is 18.7 Å². The number of anilines is 2. The summed E-state index contributed by atoms with van der Waals surface area (Å²) in [5, 5.41) is 2.85. The Hall–Kier alpha value is -3.42. The van der Waals surface area contributed by atoms with Crippen molar-refractivity contribution in [1.29, 1.82) is 0 Å². The summed E-state index contributed by atoms with van der Waals surface area (Å²) in [6.07, 6.45) is 0.222. The molecular weight excluding hydrogens is 423 g/mol. The van der Waals surface area contributed by atoms with Crippen LogP contribution in [0.15, 0.2) is 48.5 Å². The minimum absolute atomic E-state index is 0.00111. The maximum atomic E-state index is 14.0. The summed E-state index contributed by atoms with van der Waals surface area (Å²) in [5.41, 5.74) is 1.69. The lowest BCUT2D eigenvalue weighted by Crippen LogP contribution is -2.49. The first-order chi connectivity index (χ1) is 15.8. The van der Waals surface area contributed by atoms with Gasteiger partial charge in [0.15, 0.2) is 0 Å². The summed E-state index contributed by atoms with van der Waals surface area (Å²) in [6.45, 7) is 6.45. The highest BCUT2D eigenvalue weighted by Gasteiger charge is 2.35. The molecule has 0 aliphatic carbocycles. The van der Waals surface area contributed by atoms with Gasteiger partial charge in [-0.05, 0) is 50.2 Å². The molecule has 4 rings (SSSR count). The van der Waals surface area contributed by atoms with Crippen molar-refractivity contribution in [3.8, 4) is 0 Å². The molecule has 2 aromatic carbocycles. The molecule has 8 heteroatoms. The number of likely N-dealkylation sites (tertiary alicyclic amines) is 1. The zero-order valence-corrected chi connectivity index (χ0v) is 19.0. The van der Waals surface area contributed by atoms with Crippen molar-refractivity contribution in [2.75, 3.05) is 42.9 Å². The molecule has 2 aromatic rings. The predicted molar refractivity (Wildman–Crippen MR) is 125 cm³/mol. The molecule has 0 bridgehead atoms. The Morgan fingerprint density at radius 1 is 1.00 bits per heavy atom. The van der Waals surface area contributed by atoms with E-state index >= 15 is 0 Å². The van der Waals surface area contributed by atoms with E-state index in [1.54, 1.807) is 52.3 Å². The predicted octanol–water partition coefficient (Wildman–Crippen LogP) is 2.98. The molecule has 2 fully saturated rings. The number of benzene rings is 2. The molecule has 1 N–H and O–H groups in total. The zero-order valence-electron chi connectivity index (χ0n) is 19.0. The van der Waals surface area contributed by atoms with Gasteiger partial charge >= 0.3 is 0 Å². The second-order valence-electron chi connectivity index (χ2n) is 8.84. The van der Waals surface area contributed by atoms with Gasteiger partial charge in [-0.15, -0.1) is 0 Å². The van der Waals surface area contributed by atoms with Gasteiger partial charge in [0.05, 0.1) is 11.6 Å². The molecule has 7 nitrogen and oxygen atoms in total. The summed E-state index contributed by atoms with van der Waals surface area (Å²) in [5.74, 6) is -0.896. The molecule has 33 heavy (non-hydrogen) atoms. The molecule has 0 aromatic heterocycles. The summed E-state index contributed by atoms with van der Waals surface area (Å²) < 4.78 is 14.0. The Bertz CT molecular complexity index is 1030. The fraction of sp³-hybridized carbons (Fsp3) is 0.400. The number of para-hydroxylation sites is 1. The van der Waals surface area contributed by atoms with Gasteiger partial charge in [0.25, 0.3) is 5.91 Å². The van der Waals surface area contributed by atoms with Gasteiger partial charge in [-0.2, -0.15) is 0 Å². The number of hydrogen-bond donors (Lipinski definition) is 1. The Balaban J connectivity index is 1.31. The van der Waals surface area contributed by atoms with Crippen LogP contribution in [0.4, 0.5) is 15.8 Å². The van der Waals surface area contributed by atoms with E-state index < -0.39 is 0 Å². The van der Waals surface area contributed by atoms with E-state index in [-0.39, 0.29) is 41.9 Å². The molecule has 0 saturated carbocycles. The largest absolute Gasteiger partial charge is 0.366 e. The highest BCUT2D eigenvalue weighted by atomic mass is 19.1. The van der Waals surface area contributed by atoms with Crippen LogP contribution < -0.4 is 10.2 Å². The third-order valence-electron chi connectivity index (χ3n) is 6.31. The third-order valence-corrected chi connectivity index (χ3v) is 6.31. The van der Waals surface area contributed by atoms with Gasteiger partial charge < -0.3 is 20.0 Å². The monoisotopic (exact) mass is 452 g/mol. The molecule has 2 saturated heterocycles. The second kappa shape index (κ2) is 9.60. The van der Waals surface area contributed by atoms with Gasteiger partial charge in [-0.3, -0.25) is 14.4 Å². The van der Waals surface area contributed by atoms with E-state index in [9.17, 15) is 18.8 Å². The minimum atomic E-state index is -0.369. The Morgan fingerprint density at radius 2 is 1.67 bits per heavy atom. The molecule has 2 aliphatic heterocycles. The normalized spacial score (nSPS) is 18.7. The van der Waals surface area contributed by atoms with Gasteiger partial charge in [-0.25, -0.2) is 4.39 Å². The van der Waals surface area contributed by atoms with Crippen molar-refractivity contribution in [1.82, 2.24) is 9.80 Å². The van der Waals surface area contributed by atoms with E-state index in [1.165, 1.54) is 6.07 Å². The Morgan fingerprint density at radius 3 is 2.27 bits per heavy atom. The lowest BCUT2D eigenvalue weighted by molar-refractivity contribution is -0.129. The molecule has 1 unspecified atom stereocenters. The van der Waals surface area contributed by atoms with Crippen LogP contribution in [0.5, 0.6) is 0 Å². The third kappa shape index (κ3) is 4.99. The van der Waals surface area contributed by atoms with Gasteiger partial charge in [0.1, 0.15) is 5.82 Å². The van der Waals surface area contributed by atoms with E-state index in [0.29, 0.717) is 49.7 Å². The van der Waals surface area contributed by atoms with Crippen LogP contribution in [0.25, 0.3) is 0 Å². The fourth-order valence-corrected chi connectivity index (χ4v) is 4.39. The van der Waals surface area contributed by atoms with Gasteiger partial charge in [0.2, 0.25) is 11.8 Å². The first-order valence-corrected chi connectivity index (χ1v) is 11.3. The lowest BCUT2D eigenvalue weighted by Gasteiger charge is -2.36. The number of carbonyl (C=O) groups excluding carboxylic acids is 3. The summed E-state index contributed by atoms with van der Waals surface area (Å²) in [7, 11) is 0. The molecule has 1 atom stereocenters. The molecule has 174 valence electrons. The number of amides is 3. The molecule has 3 amide bonds. The van der Waals surface area contributed by atoms with Crippen molar-refractivity contribution in [3.05, 3.63) is 59.9 Å². The topological polar surface area (TPSA) is 73.0 Å². The van der Waals surface area contributed by atoms with Crippen molar-refractivity contribution in [3.63, 3.8) is 0 Å². The molecular formula is C25H29FN4O3. The first kappa shape index (κ1) is 22.8. The van der Waals surface area contributed by atoms with Gasteiger partial charge in [0, 0.05) is 56.4 Å². The number of rotatable bonds is 5. The highest BCUT2D eigenvalue weighted by molar-refractivity contribution is 5.98.